The number of hydrogen-bond donors (Lipinski definition) is 1. The molecule has 3 aliphatic rings. The number of aliphatic hydroxyl groups excluding tert-OH is 1. The molecular formula is C35H38N2O6. The Labute approximate surface area is 251 Å². The Hall–Kier alpha value is -4.01. The number of aliphatic hydroxyl groups is 1. The molecule has 3 heterocycles. The summed E-state index contributed by atoms with van der Waals surface area (Å²) in [5, 5.41) is 12.8. The van der Waals surface area contributed by atoms with Gasteiger partial charge in [0.05, 0.1) is 30.8 Å². The normalized spacial score (nSPS) is 29.9. The van der Waals surface area contributed by atoms with E-state index in [2.05, 4.69) is 6.58 Å². The van der Waals surface area contributed by atoms with Crippen molar-refractivity contribution in [1.82, 2.24) is 4.90 Å². The van der Waals surface area contributed by atoms with E-state index in [-0.39, 0.29) is 30.9 Å². The largest absolute Gasteiger partial charge is 0.466 e. The van der Waals surface area contributed by atoms with Crippen LogP contribution in [-0.4, -0.2) is 64.8 Å². The summed E-state index contributed by atoms with van der Waals surface area (Å²) in [5.74, 6) is -3.16. The molecule has 3 aliphatic heterocycles. The highest BCUT2D eigenvalue weighted by molar-refractivity contribution is 6.06. The van der Waals surface area contributed by atoms with E-state index >= 15 is 4.79 Å². The minimum atomic E-state index is -1.28. The van der Waals surface area contributed by atoms with Gasteiger partial charge in [-0.2, -0.15) is 0 Å². The third-order valence-corrected chi connectivity index (χ3v) is 9.84. The molecule has 6 rings (SSSR count). The van der Waals surface area contributed by atoms with Crippen molar-refractivity contribution in [2.24, 2.45) is 17.8 Å². The Morgan fingerprint density at radius 2 is 1.84 bits per heavy atom. The highest BCUT2D eigenvalue weighted by Gasteiger charge is 2.81. The van der Waals surface area contributed by atoms with Gasteiger partial charge >= 0.3 is 5.97 Å². The summed E-state index contributed by atoms with van der Waals surface area (Å²) < 4.78 is 12.3. The highest BCUT2D eigenvalue weighted by Crippen LogP contribution is 2.66. The standard InChI is InChI=1S/C35H38N2O6/c1-5-18-36(26-17-16-23-12-10-11-15-25(23)19-26)32(40)30-35-20-22(3)34(4,43-35)29(33(41)42-6-2)28(35)31(39)37(30)27(21-38)24-13-8-7-9-14-24/h5,7-17,19,22,27-30,38H,1,6,18,20-21H2,2-4H3/t22?,27-,28+,29-,30?,34+,35?/m1/s1. The van der Waals surface area contributed by atoms with Crippen molar-refractivity contribution in [3.8, 4) is 0 Å². The van der Waals surface area contributed by atoms with Gasteiger partial charge in [0.25, 0.3) is 5.91 Å². The van der Waals surface area contributed by atoms with E-state index in [0.29, 0.717) is 17.7 Å². The number of amides is 2. The average Bonchev–Trinajstić information content (AvgIpc) is 3.53. The monoisotopic (exact) mass is 582 g/mol. The van der Waals surface area contributed by atoms with Crippen molar-refractivity contribution in [3.63, 3.8) is 0 Å². The lowest BCUT2D eigenvalue weighted by molar-refractivity contribution is -0.162. The van der Waals surface area contributed by atoms with Gasteiger partial charge in [-0.3, -0.25) is 14.4 Å². The number of esters is 1. The van der Waals surface area contributed by atoms with Crippen molar-refractivity contribution in [1.29, 1.82) is 0 Å². The second kappa shape index (κ2) is 10.9. The first-order valence-electron chi connectivity index (χ1n) is 15.0. The molecule has 1 spiro atoms. The molecule has 2 bridgehead atoms. The Morgan fingerprint density at radius 3 is 2.51 bits per heavy atom. The molecule has 0 radical (unpaired) electrons. The molecule has 0 saturated carbocycles. The van der Waals surface area contributed by atoms with E-state index in [0.717, 1.165) is 10.8 Å². The van der Waals surface area contributed by atoms with Crippen LogP contribution in [0.2, 0.25) is 0 Å². The number of hydrogen-bond acceptors (Lipinski definition) is 6. The molecule has 3 aromatic carbocycles. The first-order chi connectivity index (χ1) is 20.7. The maximum atomic E-state index is 15.0. The third kappa shape index (κ3) is 4.30. The summed E-state index contributed by atoms with van der Waals surface area (Å²) in [6, 6.07) is 21.0. The van der Waals surface area contributed by atoms with Crippen molar-refractivity contribution in [2.75, 3.05) is 24.7 Å². The number of ether oxygens (including phenoxy) is 2. The number of anilines is 1. The lowest BCUT2D eigenvalue weighted by atomic mass is 9.62. The maximum Gasteiger partial charge on any atom is 0.312 e. The minimum absolute atomic E-state index is 0.126. The second-order valence-electron chi connectivity index (χ2n) is 12.1. The molecule has 3 fully saturated rings. The lowest BCUT2D eigenvalue weighted by Crippen LogP contribution is -2.57. The first-order valence-corrected chi connectivity index (χ1v) is 15.0. The van der Waals surface area contributed by atoms with Gasteiger partial charge in [-0.15, -0.1) is 6.58 Å². The van der Waals surface area contributed by atoms with Crippen molar-refractivity contribution in [2.45, 2.75) is 50.5 Å². The highest BCUT2D eigenvalue weighted by atomic mass is 16.6. The predicted octanol–water partition coefficient (Wildman–Crippen LogP) is 4.67. The van der Waals surface area contributed by atoms with Crippen molar-refractivity contribution < 1.29 is 29.0 Å². The van der Waals surface area contributed by atoms with Crippen LogP contribution in [0.25, 0.3) is 10.8 Å². The Morgan fingerprint density at radius 1 is 1.14 bits per heavy atom. The van der Waals surface area contributed by atoms with Gasteiger partial charge in [0.2, 0.25) is 5.91 Å². The van der Waals surface area contributed by atoms with Crippen LogP contribution in [0.1, 0.15) is 38.8 Å². The first kappa shape index (κ1) is 29.1. The van der Waals surface area contributed by atoms with E-state index in [1.807, 2.05) is 86.6 Å². The molecule has 224 valence electrons. The molecular weight excluding hydrogens is 544 g/mol. The zero-order valence-electron chi connectivity index (χ0n) is 24.8. The van der Waals surface area contributed by atoms with Gasteiger partial charge in [0, 0.05) is 12.2 Å². The van der Waals surface area contributed by atoms with Gasteiger partial charge in [-0.25, -0.2) is 0 Å². The second-order valence-corrected chi connectivity index (χ2v) is 12.1. The number of fused-ring (bicyclic) bond motifs is 2. The van der Waals surface area contributed by atoms with Crippen LogP contribution in [0.4, 0.5) is 5.69 Å². The number of nitrogens with zero attached hydrogens (tertiary/aromatic N) is 2. The zero-order valence-corrected chi connectivity index (χ0v) is 24.8. The summed E-state index contributed by atoms with van der Waals surface area (Å²) >= 11 is 0. The van der Waals surface area contributed by atoms with Gasteiger partial charge < -0.3 is 24.4 Å². The maximum absolute atomic E-state index is 15.0. The van der Waals surface area contributed by atoms with Gasteiger partial charge in [0.15, 0.2) is 0 Å². The van der Waals surface area contributed by atoms with Crippen LogP contribution in [0.5, 0.6) is 0 Å². The number of likely N-dealkylation sites (tertiary alicyclic amines) is 1. The summed E-state index contributed by atoms with van der Waals surface area (Å²) in [6.07, 6.45) is 2.07. The minimum Gasteiger partial charge on any atom is -0.466 e. The molecule has 3 unspecified atom stereocenters. The summed E-state index contributed by atoms with van der Waals surface area (Å²) in [5.41, 5.74) is -0.914. The molecule has 2 amide bonds. The molecule has 3 aromatic rings. The Bertz CT molecular complexity index is 1570. The fraction of sp³-hybridized carbons (Fsp3) is 0.400. The third-order valence-electron chi connectivity index (χ3n) is 9.84. The quantitative estimate of drug-likeness (QED) is 0.291. The van der Waals surface area contributed by atoms with Crippen LogP contribution in [0, 0.1) is 17.8 Å². The van der Waals surface area contributed by atoms with Crippen LogP contribution in [0.3, 0.4) is 0 Å². The molecule has 3 saturated heterocycles. The molecule has 7 atom stereocenters. The molecule has 1 N–H and O–H groups in total. The van der Waals surface area contributed by atoms with Crippen LogP contribution in [-0.2, 0) is 23.9 Å². The van der Waals surface area contributed by atoms with Gasteiger partial charge in [0.1, 0.15) is 17.6 Å². The summed E-state index contributed by atoms with van der Waals surface area (Å²) in [7, 11) is 0. The molecule has 8 nitrogen and oxygen atoms in total. The van der Waals surface area contributed by atoms with Crippen LogP contribution >= 0.6 is 0 Å². The lowest BCUT2D eigenvalue weighted by Gasteiger charge is -2.39. The van der Waals surface area contributed by atoms with Crippen LogP contribution in [0.15, 0.2) is 85.5 Å². The van der Waals surface area contributed by atoms with Gasteiger partial charge in [-0.1, -0.05) is 73.7 Å². The molecule has 0 aliphatic carbocycles. The topological polar surface area (TPSA) is 96.4 Å². The van der Waals surface area contributed by atoms with Crippen molar-refractivity contribution >= 4 is 34.2 Å². The number of carbonyl (C=O) groups excluding carboxylic acids is 3. The number of carbonyl (C=O) groups is 3. The smallest absolute Gasteiger partial charge is 0.312 e. The molecule has 43 heavy (non-hydrogen) atoms. The van der Waals surface area contributed by atoms with Crippen LogP contribution < -0.4 is 4.90 Å². The average molecular weight is 583 g/mol. The van der Waals surface area contributed by atoms with E-state index in [1.54, 1.807) is 17.9 Å². The van der Waals surface area contributed by atoms with Gasteiger partial charge in [-0.05, 0) is 54.7 Å². The predicted molar refractivity (Wildman–Crippen MR) is 163 cm³/mol. The SMILES string of the molecule is C=CCN(C(=O)C1N([C@H](CO)c2ccccc2)C(=O)[C@@H]2[C@H](C(=O)OCC)[C@@]3(C)OC12CC3C)c1ccc2ccccc2c1. The zero-order chi connectivity index (χ0) is 30.5. The molecule has 0 aromatic heterocycles. The summed E-state index contributed by atoms with van der Waals surface area (Å²) in [4.78, 5) is 46.3. The number of benzene rings is 3. The Balaban J connectivity index is 1.52. The van der Waals surface area contributed by atoms with Crippen molar-refractivity contribution in [3.05, 3.63) is 91.0 Å². The van der Waals surface area contributed by atoms with E-state index in [4.69, 9.17) is 9.47 Å². The van der Waals surface area contributed by atoms with E-state index in [9.17, 15) is 14.7 Å². The summed E-state index contributed by atoms with van der Waals surface area (Å²) in [6.45, 7) is 9.46. The fourth-order valence-corrected chi connectivity index (χ4v) is 7.86. The van der Waals surface area contributed by atoms with E-state index in [1.165, 1.54) is 4.90 Å². The van der Waals surface area contributed by atoms with E-state index < -0.39 is 47.7 Å². The molecule has 8 heteroatoms. The number of rotatable bonds is 9. The fourth-order valence-electron chi connectivity index (χ4n) is 7.86. The Kier molecular flexibility index (Phi) is 7.39.